The summed E-state index contributed by atoms with van der Waals surface area (Å²) in [5, 5.41) is 9.37. The highest BCUT2D eigenvalue weighted by atomic mass is 79.9. The Morgan fingerprint density at radius 1 is 1.24 bits per heavy atom. The molecule has 0 radical (unpaired) electrons. The summed E-state index contributed by atoms with van der Waals surface area (Å²) in [7, 11) is 1.52. The highest BCUT2D eigenvalue weighted by Gasteiger charge is 2.17. The molecule has 0 saturated carbocycles. The third kappa shape index (κ3) is 3.49. The number of hydrogen-bond acceptors (Lipinski definition) is 3. The molecule has 0 fully saturated rings. The van der Waals surface area contributed by atoms with Gasteiger partial charge in [0.15, 0.2) is 5.69 Å². The van der Waals surface area contributed by atoms with Gasteiger partial charge >= 0.3 is 0 Å². The molecule has 6 nitrogen and oxygen atoms in total. The van der Waals surface area contributed by atoms with Crippen LogP contribution in [-0.4, -0.2) is 28.6 Å². The maximum absolute atomic E-state index is 12.2. The molecule has 0 aliphatic heterocycles. The Morgan fingerprint density at radius 3 is 2.48 bits per heavy atom. The fourth-order valence-electron chi connectivity index (χ4n) is 1.76. The van der Waals surface area contributed by atoms with Crippen LogP contribution in [0.5, 0.6) is 0 Å². The van der Waals surface area contributed by atoms with Gasteiger partial charge in [-0.25, -0.2) is 0 Å². The van der Waals surface area contributed by atoms with Gasteiger partial charge in [0.2, 0.25) is 0 Å². The number of carbonyl (C=O) groups excluding carboxylic acids is 2. The van der Waals surface area contributed by atoms with Gasteiger partial charge in [-0.15, -0.1) is 0 Å². The Balaban J connectivity index is 2.26. The van der Waals surface area contributed by atoms with Crippen molar-refractivity contribution in [1.29, 1.82) is 0 Å². The van der Waals surface area contributed by atoms with Gasteiger partial charge in [-0.05, 0) is 31.2 Å². The Kier molecular flexibility index (Phi) is 4.74. The lowest BCUT2D eigenvalue weighted by Gasteiger charge is -2.04. The minimum atomic E-state index is -0.340. The Hall–Kier alpha value is -2.15. The number of benzene rings is 1. The molecule has 2 amide bonds. The van der Waals surface area contributed by atoms with Crippen LogP contribution in [0, 0.1) is 0 Å². The van der Waals surface area contributed by atoms with Gasteiger partial charge < -0.3 is 10.6 Å². The highest BCUT2D eigenvalue weighted by molar-refractivity contribution is 9.10. The highest BCUT2D eigenvalue weighted by Crippen LogP contribution is 2.16. The van der Waals surface area contributed by atoms with Crippen LogP contribution in [0.15, 0.2) is 34.9 Å². The standard InChI is InChI=1S/C14H15BrN4O2/c1-3-19-8-11(12(18-19)14(21)16-2)17-13(20)9-4-6-10(15)7-5-9/h4-8H,3H2,1-2H3,(H,16,21)(H,17,20). The van der Waals surface area contributed by atoms with E-state index in [0.717, 1.165) is 4.47 Å². The smallest absolute Gasteiger partial charge is 0.273 e. The number of halogens is 1. The zero-order valence-corrected chi connectivity index (χ0v) is 13.3. The van der Waals surface area contributed by atoms with Gasteiger partial charge in [0.1, 0.15) is 0 Å². The molecule has 2 aromatic rings. The van der Waals surface area contributed by atoms with Gasteiger partial charge in [0, 0.05) is 29.8 Å². The van der Waals surface area contributed by atoms with Crippen LogP contribution < -0.4 is 10.6 Å². The average Bonchev–Trinajstić information content (AvgIpc) is 2.90. The van der Waals surface area contributed by atoms with Gasteiger partial charge in [0.25, 0.3) is 11.8 Å². The van der Waals surface area contributed by atoms with Gasteiger partial charge in [-0.3, -0.25) is 14.3 Å². The van der Waals surface area contributed by atoms with Gasteiger partial charge in [-0.2, -0.15) is 5.10 Å². The molecule has 0 saturated heterocycles. The number of nitrogens with one attached hydrogen (secondary N) is 2. The maximum atomic E-state index is 12.2. The molecule has 2 rings (SSSR count). The molecule has 0 unspecified atom stereocenters. The summed E-state index contributed by atoms with van der Waals surface area (Å²) in [4.78, 5) is 24.0. The van der Waals surface area contributed by atoms with Gasteiger partial charge in [-0.1, -0.05) is 15.9 Å². The first-order chi connectivity index (χ1) is 10.0. The van der Waals surface area contributed by atoms with Crippen LogP contribution in [0.4, 0.5) is 5.69 Å². The van der Waals surface area contributed by atoms with Crippen molar-refractivity contribution in [2.45, 2.75) is 13.5 Å². The van der Waals surface area contributed by atoms with Crippen LogP contribution in [-0.2, 0) is 6.54 Å². The molecule has 110 valence electrons. The number of anilines is 1. The second-order valence-corrected chi connectivity index (χ2v) is 5.20. The molecule has 0 aliphatic carbocycles. The number of aromatic nitrogens is 2. The summed E-state index contributed by atoms with van der Waals surface area (Å²) in [5.74, 6) is -0.628. The molecule has 0 spiro atoms. The SMILES string of the molecule is CCn1cc(NC(=O)c2ccc(Br)cc2)c(C(=O)NC)n1. The lowest BCUT2D eigenvalue weighted by Crippen LogP contribution is -2.21. The second-order valence-electron chi connectivity index (χ2n) is 4.29. The van der Waals surface area contributed by atoms with Crippen molar-refractivity contribution in [3.8, 4) is 0 Å². The van der Waals surface area contributed by atoms with Crippen molar-refractivity contribution in [3.05, 3.63) is 46.2 Å². The van der Waals surface area contributed by atoms with E-state index >= 15 is 0 Å². The molecule has 0 bridgehead atoms. The quantitative estimate of drug-likeness (QED) is 0.887. The van der Waals surface area contributed by atoms with Crippen LogP contribution in [0.25, 0.3) is 0 Å². The van der Waals surface area contributed by atoms with Crippen LogP contribution in [0.2, 0.25) is 0 Å². The van der Waals surface area contributed by atoms with Crippen molar-refractivity contribution >= 4 is 33.4 Å². The molecular formula is C14H15BrN4O2. The van der Waals surface area contributed by atoms with E-state index in [4.69, 9.17) is 0 Å². The number of carbonyl (C=O) groups is 2. The fourth-order valence-corrected chi connectivity index (χ4v) is 2.02. The van der Waals surface area contributed by atoms with E-state index in [-0.39, 0.29) is 17.5 Å². The predicted molar refractivity (Wildman–Crippen MR) is 83.4 cm³/mol. The topological polar surface area (TPSA) is 76.0 Å². The van der Waals surface area contributed by atoms with E-state index in [9.17, 15) is 9.59 Å². The summed E-state index contributed by atoms with van der Waals surface area (Å²) in [5.41, 5.74) is 1.10. The summed E-state index contributed by atoms with van der Waals surface area (Å²) >= 11 is 3.32. The predicted octanol–water partition coefficient (Wildman–Crippen LogP) is 2.28. The van der Waals surface area contributed by atoms with Crippen LogP contribution in [0.3, 0.4) is 0 Å². The number of rotatable bonds is 4. The average molecular weight is 351 g/mol. The Morgan fingerprint density at radius 2 is 1.90 bits per heavy atom. The zero-order valence-electron chi connectivity index (χ0n) is 11.7. The van der Waals surface area contributed by atoms with E-state index in [1.54, 1.807) is 35.1 Å². The van der Waals surface area contributed by atoms with Crippen LogP contribution in [0.1, 0.15) is 27.8 Å². The molecule has 1 aromatic carbocycles. The largest absolute Gasteiger partial charge is 0.354 e. The number of hydrogen-bond donors (Lipinski definition) is 2. The summed E-state index contributed by atoms with van der Waals surface area (Å²) < 4.78 is 2.49. The van der Waals surface area contributed by atoms with Crippen molar-refractivity contribution in [1.82, 2.24) is 15.1 Å². The molecule has 0 atom stereocenters. The van der Waals surface area contributed by atoms with E-state index in [1.165, 1.54) is 7.05 Å². The Labute approximate surface area is 130 Å². The van der Waals surface area contributed by atoms with Crippen molar-refractivity contribution < 1.29 is 9.59 Å². The Bertz CT molecular complexity index is 664. The lowest BCUT2D eigenvalue weighted by molar-refractivity contribution is 0.0958. The number of amides is 2. The number of nitrogens with zero attached hydrogens (tertiary/aromatic N) is 2. The molecule has 0 aliphatic rings. The minimum absolute atomic E-state index is 0.199. The normalized spacial score (nSPS) is 10.2. The van der Waals surface area contributed by atoms with Crippen molar-refractivity contribution in [2.24, 2.45) is 0 Å². The molecule has 2 N–H and O–H groups in total. The number of aryl methyl sites for hydroxylation is 1. The first-order valence-electron chi connectivity index (χ1n) is 6.41. The second kappa shape index (κ2) is 6.53. The lowest BCUT2D eigenvalue weighted by atomic mass is 10.2. The third-order valence-electron chi connectivity index (χ3n) is 2.88. The van der Waals surface area contributed by atoms with E-state index < -0.39 is 0 Å². The molecule has 21 heavy (non-hydrogen) atoms. The van der Waals surface area contributed by atoms with E-state index in [2.05, 4.69) is 31.7 Å². The van der Waals surface area contributed by atoms with E-state index in [1.807, 2.05) is 6.92 Å². The summed E-state index contributed by atoms with van der Waals surface area (Å²) in [6.45, 7) is 2.51. The van der Waals surface area contributed by atoms with Crippen LogP contribution >= 0.6 is 15.9 Å². The van der Waals surface area contributed by atoms with Gasteiger partial charge in [0.05, 0.1) is 5.69 Å². The van der Waals surface area contributed by atoms with Crippen molar-refractivity contribution in [2.75, 3.05) is 12.4 Å². The summed E-state index contributed by atoms with van der Waals surface area (Å²) in [6.07, 6.45) is 1.64. The minimum Gasteiger partial charge on any atom is -0.354 e. The van der Waals surface area contributed by atoms with Crippen molar-refractivity contribution in [3.63, 3.8) is 0 Å². The molecule has 7 heteroatoms. The summed E-state index contributed by atoms with van der Waals surface area (Å²) in [6, 6.07) is 6.96. The molecule has 1 heterocycles. The molecular weight excluding hydrogens is 336 g/mol. The molecule has 1 aromatic heterocycles. The first kappa shape index (κ1) is 15.2. The monoisotopic (exact) mass is 350 g/mol. The zero-order chi connectivity index (χ0) is 15.4. The third-order valence-corrected chi connectivity index (χ3v) is 3.41. The fraction of sp³-hybridized carbons (Fsp3) is 0.214. The first-order valence-corrected chi connectivity index (χ1v) is 7.21. The maximum Gasteiger partial charge on any atom is 0.273 e. The van der Waals surface area contributed by atoms with E-state index in [0.29, 0.717) is 17.8 Å².